The molecule has 1 spiro atoms. The highest BCUT2D eigenvalue weighted by molar-refractivity contribution is 5.52. The van der Waals surface area contributed by atoms with Crippen LogP contribution in [0.4, 0.5) is 5.82 Å². The van der Waals surface area contributed by atoms with Crippen LogP contribution in [0.3, 0.4) is 0 Å². The first-order chi connectivity index (χ1) is 14.3. The Hall–Kier alpha value is -2.02. The van der Waals surface area contributed by atoms with Crippen molar-refractivity contribution in [1.82, 2.24) is 29.6 Å². The third-order valence-corrected chi connectivity index (χ3v) is 6.91. The van der Waals surface area contributed by atoms with Gasteiger partial charge in [-0.25, -0.2) is 15.0 Å². The quantitative estimate of drug-likeness (QED) is 0.740. The highest BCUT2D eigenvalue weighted by Crippen LogP contribution is 2.48. The number of rotatable bonds is 8. The molecule has 7 nitrogen and oxygen atoms in total. The van der Waals surface area contributed by atoms with Crippen molar-refractivity contribution in [1.29, 1.82) is 0 Å². The molecule has 1 atom stereocenters. The molecule has 1 aliphatic heterocycles. The van der Waals surface area contributed by atoms with Crippen LogP contribution < -0.4 is 5.32 Å². The van der Waals surface area contributed by atoms with E-state index < -0.39 is 0 Å². The summed E-state index contributed by atoms with van der Waals surface area (Å²) in [6.45, 7) is 7.56. The fourth-order valence-corrected chi connectivity index (χ4v) is 5.16. The van der Waals surface area contributed by atoms with E-state index in [0.717, 1.165) is 31.2 Å². The van der Waals surface area contributed by atoms with Crippen LogP contribution in [0.2, 0.25) is 0 Å². The van der Waals surface area contributed by atoms with Crippen molar-refractivity contribution in [3.63, 3.8) is 0 Å². The number of anilines is 1. The minimum absolute atomic E-state index is 0.246. The fraction of sp³-hybridized carbons (Fsp3) is 0.727. The molecule has 0 bridgehead atoms. The number of hydrogen-bond donors (Lipinski definition) is 1. The summed E-state index contributed by atoms with van der Waals surface area (Å²) < 4.78 is 1.87. The highest BCUT2D eigenvalue weighted by atomic mass is 15.3. The van der Waals surface area contributed by atoms with E-state index in [0.29, 0.717) is 5.92 Å². The van der Waals surface area contributed by atoms with Gasteiger partial charge in [0.1, 0.15) is 24.3 Å². The van der Waals surface area contributed by atoms with Gasteiger partial charge in [0.15, 0.2) is 0 Å². The lowest BCUT2D eigenvalue weighted by Gasteiger charge is -2.40. The molecule has 0 radical (unpaired) electrons. The van der Waals surface area contributed by atoms with E-state index in [4.69, 9.17) is 9.97 Å². The van der Waals surface area contributed by atoms with Gasteiger partial charge in [-0.3, -0.25) is 4.68 Å². The number of nitrogens with one attached hydrogen (secondary N) is 1. The Morgan fingerprint density at radius 1 is 1.21 bits per heavy atom. The standard InChI is InChI=1S/C22H33N7/c1-2-3-11-28-12-4-8-22(14-28)9-7-18-19(22)26-20(17-5-6-17)27-21(18)24-10-13-29-16-23-15-25-29/h15-17H,2-14H2,1H3,(H,24,26,27). The van der Waals surface area contributed by atoms with Crippen LogP contribution in [-0.4, -0.2) is 55.8 Å². The second kappa shape index (κ2) is 8.01. The topological polar surface area (TPSA) is 71.8 Å². The number of likely N-dealkylation sites (tertiary alicyclic amines) is 1. The van der Waals surface area contributed by atoms with Crippen LogP contribution in [0.5, 0.6) is 0 Å². The summed E-state index contributed by atoms with van der Waals surface area (Å²) in [6, 6.07) is 0. The van der Waals surface area contributed by atoms with Gasteiger partial charge in [-0.1, -0.05) is 13.3 Å². The number of fused-ring (bicyclic) bond motifs is 2. The summed E-state index contributed by atoms with van der Waals surface area (Å²) >= 11 is 0. The molecule has 5 rings (SSSR count). The molecule has 1 unspecified atom stereocenters. The maximum atomic E-state index is 5.22. The van der Waals surface area contributed by atoms with Crippen molar-refractivity contribution in [3.05, 3.63) is 29.7 Å². The lowest BCUT2D eigenvalue weighted by atomic mass is 9.77. The lowest BCUT2D eigenvalue weighted by Crippen LogP contribution is -2.45. The summed E-state index contributed by atoms with van der Waals surface area (Å²) in [6.07, 6.45) is 13.3. The first-order valence-electron chi connectivity index (χ1n) is 11.5. The number of unbranched alkanes of at least 4 members (excludes halogenated alkanes) is 1. The molecule has 2 aromatic rings. The monoisotopic (exact) mass is 395 g/mol. The largest absolute Gasteiger partial charge is 0.368 e. The summed E-state index contributed by atoms with van der Waals surface area (Å²) in [7, 11) is 0. The average molecular weight is 396 g/mol. The van der Waals surface area contributed by atoms with Gasteiger partial charge in [0.25, 0.3) is 0 Å². The normalized spacial score (nSPS) is 24.2. The lowest BCUT2D eigenvalue weighted by molar-refractivity contribution is 0.141. The van der Waals surface area contributed by atoms with E-state index in [9.17, 15) is 0 Å². The highest BCUT2D eigenvalue weighted by Gasteiger charge is 2.45. The Morgan fingerprint density at radius 3 is 2.93 bits per heavy atom. The molecule has 2 aliphatic carbocycles. The van der Waals surface area contributed by atoms with Crippen molar-refractivity contribution in [2.45, 2.75) is 76.2 Å². The molecule has 1 saturated carbocycles. The number of nitrogens with zero attached hydrogens (tertiary/aromatic N) is 6. The summed E-state index contributed by atoms with van der Waals surface area (Å²) in [4.78, 5) is 16.9. The third kappa shape index (κ3) is 3.89. The molecule has 29 heavy (non-hydrogen) atoms. The third-order valence-electron chi connectivity index (χ3n) is 6.91. The predicted octanol–water partition coefficient (Wildman–Crippen LogP) is 3.14. The summed E-state index contributed by atoms with van der Waals surface area (Å²) in [5.41, 5.74) is 3.00. The zero-order valence-corrected chi connectivity index (χ0v) is 17.6. The van der Waals surface area contributed by atoms with Gasteiger partial charge in [-0.2, -0.15) is 5.10 Å². The summed E-state index contributed by atoms with van der Waals surface area (Å²) in [5.74, 6) is 2.74. The number of piperidine rings is 1. The van der Waals surface area contributed by atoms with Crippen molar-refractivity contribution in [3.8, 4) is 0 Å². The second-order valence-electron chi connectivity index (χ2n) is 9.13. The number of aromatic nitrogens is 5. The minimum atomic E-state index is 0.246. The number of hydrogen-bond acceptors (Lipinski definition) is 6. The van der Waals surface area contributed by atoms with Crippen LogP contribution in [0.15, 0.2) is 12.7 Å². The van der Waals surface area contributed by atoms with Crippen LogP contribution >= 0.6 is 0 Å². The molecule has 7 heteroatoms. The van der Waals surface area contributed by atoms with E-state index in [1.54, 1.807) is 12.7 Å². The fourth-order valence-electron chi connectivity index (χ4n) is 5.16. The van der Waals surface area contributed by atoms with Crippen molar-refractivity contribution in [2.24, 2.45) is 0 Å². The summed E-state index contributed by atoms with van der Waals surface area (Å²) in [5, 5.41) is 7.82. The van der Waals surface area contributed by atoms with Gasteiger partial charge in [0.05, 0.1) is 12.2 Å². The molecule has 0 amide bonds. The van der Waals surface area contributed by atoms with E-state index in [2.05, 4.69) is 27.2 Å². The van der Waals surface area contributed by atoms with Gasteiger partial charge in [-0.05, 0) is 58.0 Å². The van der Waals surface area contributed by atoms with Crippen LogP contribution in [-0.2, 0) is 18.4 Å². The molecule has 1 saturated heterocycles. The van der Waals surface area contributed by atoms with Crippen LogP contribution in [0.1, 0.15) is 74.9 Å². The molecule has 2 aromatic heterocycles. The van der Waals surface area contributed by atoms with Crippen LogP contribution in [0.25, 0.3) is 0 Å². The molecule has 1 N–H and O–H groups in total. The van der Waals surface area contributed by atoms with Crippen molar-refractivity contribution < 1.29 is 0 Å². The zero-order valence-electron chi connectivity index (χ0n) is 17.6. The molecule has 3 aliphatic rings. The maximum absolute atomic E-state index is 5.22. The van der Waals surface area contributed by atoms with Gasteiger partial charge < -0.3 is 10.2 Å². The molecule has 156 valence electrons. The molecule has 0 aromatic carbocycles. The minimum Gasteiger partial charge on any atom is -0.368 e. The Bertz CT molecular complexity index is 830. The van der Waals surface area contributed by atoms with Gasteiger partial charge in [0, 0.05) is 30.0 Å². The Morgan fingerprint density at radius 2 is 2.14 bits per heavy atom. The molecule has 3 heterocycles. The van der Waals surface area contributed by atoms with E-state index in [-0.39, 0.29) is 5.41 Å². The zero-order chi connectivity index (χ0) is 19.7. The Balaban J connectivity index is 1.39. The second-order valence-corrected chi connectivity index (χ2v) is 9.13. The predicted molar refractivity (Wildman–Crippen MR) is 113 cm³/mol. The van der Waals surface area contributed by atoms with E-state index in [1.807, 2.05) is 4.68 Å². The van der Waals surface area contributed by atoms with Gasteiger partial charge in [0.2, 0.25) is 0 Å². The van der Waals surface area contributed by atoms with Crippen LogP contribution in [0, 0.1) is 0 Å². The molecular weight excluding hydrogens is 362 g/mol. The van der Waals surface area contributed by atoms with Gasteiger partial charge >= 0.3 is 0 Å². The maximum Gasteiger partial charge on any atom is 0.137 e. The average Bonchev–Trinajstić information content (AvgIpc) is 3.37. The first-order valence-corrected chi connectivity index (χ1v) is 11.5. The van der Waals surface area contributed by atoms with Crippen molar-refractivity contribution in [2.75, 3.05) is 31.5 Å². The van der Waals surface area contributed by atoms with E-state index in [1.165, 1.54) is 75.8 Å². The first kappa shape index (κ1) is 19.0. The molecule has 2 fully saturated rings. The Kier molecular flexibility index (Phi) is 5.24. The Labute approximate surface area is 173 Å². The van der Waals surface area contributed by atoms with Gasteiger partial charge in [-0.15, -0.1) is 0 Å². The van der Waals surface area contributed by atoms with E-state index >= 15 is 0 Å². The smallest absolute Gasteiger partial charge is 0.137 e. The van der Waals surface area contributed by atoms with Crippen molar-refractivity contribution >= 4 is 5.82 Å². The SMILES string of the molecule is CCCCN1CCCC2(CCc3c(NCCn4cncn4)nc(C4CC4)nc32)C1. The molecular formula is C22H33N7.